The first kappa shape index (κ1) is 11.0. The molecule has 1 aliphatic carbocycles. The maximum atomic E-state index is 10.3. The quantitative estimate of drug-likeness (QED) is 0.797. The summed E-state index contributed by atoms with van der Waals surface area (Å²) in [4.78, 5) is 0. The number of hydrogen-bond acceptors (Lipinski definition) is 2. The molecule has 0 aromatic carbocycles. The summed E-state index contributed by atoms with van der Waals surface area (Å²) >= 11 is 0. The van der Waals surface area contributed by atoms with Crippen molar-refractivity contribution in [2.45, 2.75) is 50.0 Å². The van der Waals surface area contributed by atoms with Crippen LogP contribution in [0.3, 0.4) is 0 Å². The van der Waals surface area contributed by atoms with E-state index in [2.05, 4.69) is 19.6 Å². The highest BCUT2D eigenvalue weighted by atomic mass is 28.3. The van der Waals surface area contributed by atoms with Crippen molar-refractivity contribution >= 4 is 8.07 Å². The Morgan fingerprint density at radius 3 is 2.73 bits per heavy atom. The van der Waals surface area contributed by atoms with Crippen molar-refractivity contribution < 1.29 is 9.52 Å². The van der Waals surface area contributed by atoms with Crippen LogP contribution in [0, 0.1) is 0 Å². The molecule has 15 heavy (non-hydrogen) atoms. The molecule has 1 heterocycles. The van der Waals surface area contributed by atoms with Gasteiger partial charge in [-0.3, -0.25) is 0 Å². The van der Waals surface area contributed by atoms with Gasteiger partial charge < -0.3 is 9.52 Å². The molecule has 2 rings (SSSR count). The fraction of sp³-hybridized carbons (Fsp3) is 0.667. The van der Waals surface area contributed by atoms with Gasteiger partial charge in [0.25, 0.3) is 0 Å². The molecule has 1 aromatic heterocycles. The minimum atomic E-state index is -1.16. The van der Waals surface area contributed by atoms with E-state index in [1.54, 1.807) is 6.26 Å². The van der Waals surface area contributed by atoms with Crippen LogP contribution in [0.2, 0.25) is 25.2 Å². The molecule has 2 nitrogen and oxygen atoms in total. The first-order valence-corrected chi connectivity index (χ1v) is 9.24. The lowest BCUT2D eigenvalue weighted by Gasteiger charge is -2.19. The lowest BCUT2D eigenvalue weighted by atomic mass is 10.1. The molecule has 1 fully saturated rings. The van der Waals surface area contributed by atoms with Gasteiger partial charge in [-0.1, -0.05) is 19.6 Å². The molecule has 0 unspecified atom stereocenters. The minimum Gasteiger partial charge on any atom is -0.469 e. The van der Waals surface area contributed by atoms with Crippen LogP contribution in [0.5, 0.6) is 0 Å². The number of furan rings is 1. The van der Waals surface area contributed by atoms with Gasteiger partial charge in [-0.05, 0) is 30.5 Å². The van der Waals surface area contributed by atoms with Crippen LogP contribution in [-0.2, 0) is 6.42 Å². The molecule has 0 radical (unpaired) electrons. The number of hydrogen-bond donors (Lipinski definition) is 1. The van der Waals surface area contributed by atoms with Gasteiger partial charge in [0, 0.05) is 6.42 Å². The Labute approximate surface area is 92.3 Å². The van der Waals surface area contributed by atoms with Gasteiger partial charge in [-0.25, -0.2) is 0 Å². The zero-order valence-electron chi connectivity index (χ0n) is 9.79. The molecular weight excluding hydrogens is 204 g/mol. The second-order valence-corrected chi connectivity index (χ2v) is 11.2. The first-order chi connectivity index (χ1) is 6.92. The summed E-state index contributed by atoms with van der Waals surface area (Å²) in [6.45, 7) is 7.01. The normalized spacial score (nSPS) is 30.5. The van der Waals surface area contributed by atoms with E-state index in [0.717, 1.165) is 25.0 Å². The van der Waals surface area contributed by atoms with Gasteiger partial charge >= 0.3 is 0 Å². The maximum absolute atomic E-state index is 10.3. The van der Waals surface area contributed by atoms with Gasteiger partial charge in [0.05, 0.1) is 19.9 Å². The number of rotatable bonds is 4. The van der Waals surface area contributed by atoms with Crippen molar-refractivity contribution in [2.24, 2.45) is 0 Å². The van der Waals surface area contributed by atoms with E-state index in [1.165, 1.54) is 0 Å². The van der Waals surface area contributed by atoms with Gasteiger partial charge in [0.2, 0.25) is 0 Å². The van der Waals surface area contributed by atoms with Crippen molar-refractivity contribution in [3.05, 3.63) is 24.2 Å². The van der Waals surface area contributed by atoms with Crippen LogP contribution in [0.4, 0.5) is 0 Å². The largest absolute Gasteiger partial charge is 0.469 e. The Bertz CT molecular complexity index is 326. The molecule has 1 aromatic rings. The number of aliphatic hydroxyl groups is 1. The van der Waals surface area contributed by atoms with Crippen LogP contribution in [-0.4, -0.2) is 18.8 Å². The van der Waals surface area contributed by atoms with Crippen molar-refractivity contribution in [1.82, 2.24) is 0 Å². The molecule has 0 saturated heterocycles. The average molecular weight is 224 g/mol. The van der Waals surface area contributed by atoms with Crippen molar-refractivity contribution in [3.8, 4) is 0 Å². The molecule has 0 aliphatic heterocycles. The minimum absolute atomic E-state index is 0.378. The van der Waals surface area contributed by atoms with Crippen LogP contribution in [0.25, 0.3) is 0 Å². The SMILES string of the molecule is C[Si](C)(C)[C@@H]1C[C@]1(O)CCc1ccco1. The topological polar surface area (TPSA) is 33.4 Å². The summed E-state index contributed by atoms with van der Waals surface area (Å²) in [7, 11) is -1.16. The first-order valence-electron chi connectivity index (χ1n) is 5.67. The Morgan fingerprint density at radius 2 is 2.27 bits per heavy atom. The predicted molar refractivity (Wildman–Crippen MR) is 63.7 cm³/mol. The lowest BCUT2D eigenvalue weighted by Crippen LogP contribution is -2.26. The third-order valence-electron chi connectivity index (χ3n) is 3.48. The second-order valence-electron chi connectivity index (χ2n) is 5.81. The molecule has 84 valence electrons. The molecule has 2 atom stereocenters. The van der Waals surface area contributed by atoms with Crippen LogP contribution >= 0.6 is 0 Å². The van der Waals surface area contributed by atoms with E-state index in [4.69, 9.17) is 4.42 Å². The van der Waals surface area contributed by atoms with E-state index in [0.29, 0.717) is 5.54 Å². The van der Waals surface area contributed by atoms with Gasteiger partial charge in [-0.15, -0.1) is 0 Å². The van der Waals surface area contributed by atoms with Gasteiger partial charge in [0.1, 0.15) is 5.76 Å². The highest BCUT2D eigenvalue weighted by molar-refractivity contribution is 6.78. The second kappa shape index (κ2) is 3.49. The van der Waals surface area contributed by atoms with Crippen molar-refractivity contribution in [1.29, 1.82) is 0 Å². The standard InChI is InChI=1S/C12H20O2Si/c1-15(2,3)11-9-12(11,13)7-6-10-5-4-8-14-10/h4-5,8,11,13H,6-7,9H2,1-3H3/t11-,12-/m1/s1. The summed E-state index contributed by atoms with van der Waals surface area (Å²) in [6.07, 6.45) is 4.42. The molecule has 1 saturated carbocycles. The Kier molecular flexibility index (Phi) is 2.55. The summed E-state index contributed by atoms with van der Waals surface area (Å²) in [5.41, 5.74) is 0.206. The highest BCUT2D eigenvalue weighted by Crippen LogP contribution is 2.57. The smallest absolute Gasteiger partial charge is 0.103 e. The average Bonchev–Trinajstić information content (AvgIpc) is 2.63. The highest BCUT2D eigenvalue weighted by Gasteiger charge is 2.57. The zero-order valence-corrected chi connectivity index (χ0v) is 10.8. The fourth-order valence-corrected chi connectivity index (χ4v) is 5.20. The third-order valence-corrected chi connectivity index (χ3v) is 6.31. The van der Waals surface area contributed by atoms with Crippen molar-refractivity contribution in [3.63, 3.8) is 0 Å². The predicted octanol–water partition coefficient (Wildman–Crippen LogP) is 3.06. The third kappa shape index (κ3) is 2.34. The zero-order chi connectivity index (χ0) is 11.1. The van der Waals surface area contributed by atoms with E-state index in [9.17, 15) is 5.11 Å². The van der Waals surface area contributed by atoms with Gasteiger partial charge in [0.15, 0.2) is 0 Å². The van der Waals surface area contributed by atoms with Crippen LogP contribution < -0.4 is 0 Å². The maximum Gasteiger partial charge on any atom is 0.103 e. The molecule has 3 heteroatoms. The molecule has 0 bridgehead atoms. The summed E-state index contributed by atoms with van der Waals surface area (Å²) in [6, 6.07) is 3.89. The molecule has 1 aliphatic rings. The lowest BCUT2D eigenvalue weighted by molar-refractivity contribution is 0.137. The van der Waals surface area contributed by atoms with Crippen molar-refractivity contribution in [2.75, 3.05) is 0 Å². The molecule has 0 amide bonds. The van der Waals surface area contributed by atoms with Crippen LogP contribution in [0.1, 0.15) is 18.6 Å². The molecular formula is C12H20O2Si. The summed E-state index contributed by atoms with van der Waals surface area (Å²) in [5, 5.41) is 10.3. The number of aryl methyl sites for hydroxylation is 1. The monoisotopic (exact) mass is 224 g/mol. The van der Waals surface area contributed by atoms with E-state index in [1.807, 2.05) is 12.1 Å². The van der Waals surface area contributed by atoms with E-state index < -0.39 is 8.07 Å². The Hall–Kier alpha value is -0.543. The van der Waals surface area contributed by atoms with E-state index >= 15 is 0 Å². The van der Waals surface area contributed by atoms with Gasteiger partial charge in [-0.2, -0.15) is 0 Å². The van der Waals surface area contributed by atoms with Crippen LogP contribution in [0.15, 0.2) is 22.8 Å². The Morgan fingerprint density at radius 1 is 1.53 bits per heavy atom. The molecule has 1 N–H and O–H groups in total. The summed E-state index contributed by atoms with van der Waals surface area (Å²) < 4.78 is 5.28. The van der Waals surface area contributed by atoms with E-state index in [-0.39, 0.29) is 5.60 Å². The fourth-order valence-electron chi connectivity index (χ4n) is 2.48. The molecule has 0 spiro atoms. The summed E-state index contributed by atoms with van der Waals surface area (Å²) in [5.74, 6) is 0.990. The Balaban J connectivity index is 1.87.